The standard InChI is InChI=1S/C21H22N4O5S3/c26-20(17-5-3-16(4-6-17)15-32(27,28)25-12-1-2-13-25)23-18-7-9-19(10-8-18)33(29,30)24-21-22-11-14-31-21/h3-11,14H,1-2,12-13,15H2,(H,22,24)(H,23,26). The van der Waals surface area contributed by atoms with Gasteiger partial charge in [0, 0.05) is 35.9 Å². The number of anilines is 2. The highest BCUT2D eigenvalue weighted by Gasteiger charge is 2.25. The lowest BCUT2D eigenvalue weighted by Gasteiger charge is -2.15. The molecule has 0 unspecified atom stereocenters. The van der Waals surface area contributed by atoms with E-state index in [1.807, 2.05) is 0 Å². The van der Waals surface area contributed by atoms with Crippen molar-refractivity contribution in [3.8, 4) is 0 Å². The first-order valence-corrected chi connectivity index (χ1v) is 14.1. The van der Waals surface area contributed by atoms with E-state index in [0.717, 1.165) is 12.8 Å². The zero-order valence-corrected chi connectivity index (χ0v) is 19.9. The number of benzene rings is 2. The van der Waals surface area contributed by atoms with Gasteiger partial charge in [-0.15, -0.1) is 11.3 Å². The molecule has 9 nitrogen and oxygen atoms in total. The summed E-state index contributed by atoms with van der Waals surface area (Å²) in [7, 11) is -7.13. The van der Waals surface area contributed by atoms with Crippen LogP contribution in [0.4, 0.5) is 10.8 Å². The second-order valence-corrected chi connectivity index (χ2v) is 12.0. The van der Waals surface area contributed by atoms with Crippen molar-refractivity contribution >= 4 is 48.1 Å². The molecule has 1 fully saturated rings. The first-order valence-electron chi connectivity index (χ1n) is 10.1. The van der Waals surface area contributed by atoms with Crippen molar-refractivity contribution in [2.24, 2.45) is 0 Å². The largest absolute Gasteiger partial charge is 0.322 e. The summed E-state index contributed by atoms with van der Waals surface area (Å²) in [4.78, 5) is 16.5. The molecular weight excluding hydrogens is 484 g/mol. The maximum absolute atomic E-state index is 12.5. The van der Waals surface area contributed by atoms with Gasteiger partial charge in [-0.2, -0.15) is 0 Å². The predicted octanol–water partition coefficient (Wildman–Crippen LogP) is 3.12. The number of rotatable bonds is 8. The summed E-state index contributed by atoms with van der Waals surface area (Å²) in [6.45, 7) is 1.12. The van der Waals surface area contributed by atoms with Crippen LogP contribution in [0, 0.1) is 0 Å². The lowest BCUT2D eigenvalue weighted by Crippen LogP contribution is -2.29. The minimum absolute atomic E-state index is 0.0410. The van der Waals surface area contributed by atoms with Crippen molar-refractivity contribution in [3.05, 3.63) is 71.2 Å². The summed E-state index contributed by atoms with van der Waals surface area (Å²) in [6.07, 6.45) is 3.27. The molecular formula is C21H22N4O5S3. The van der Waals surface area contributed by atoms with Crippen LogP contribution in [0.1, 0.15) is 28.8 Å². The quantitative estimate of drug-likeness (QED) is 0.484. The van der Waals surface area contributed by atoms with E-state index in [0.29, 0.717) is 29.9 Å². The SMILES string of the molecule is O=C(Nc1ccc(S(=O)(=O)Nc2nccs2)cc1)c1ccc(CS(=O)(=O)N2CCCC2)cc1. The van der Waals surface area contributed by atoms with Gasteiger partial charge in [0.25, 0.3) is 15.9 Å². The Morgan fingerprint density at radius 2 is 1.64 bits per heavy atom. The van der Waals surface area contributed by atoms with E-state index in [9.17, 15) is 21.6 Å². The van der Waals surface area contributed by atoms with Gasteiger partial charge in [-0.05, 0) is 54.8 Å². The second-order valence-electron chi connectivity index (χ2n) is 7.48. The van der Waals surface area contributed by atoms with Gasteiger partial charge >= 0.3 is 0 Å². The van der Waals surface area contributed by atoms with Crippen LogP contribution in [0.25, 0.3) is 0 Å². The number of amides is 1. The maximum Gasteiger partial charge on any atom is 0.263 e. The Kier molecular flexibility index (Phi) is 6.79. The van der Waals surface area contributed by atoms with Crippen LogP contribution in [-0.4, -0.2) is 45.1 Å². The Balaban J connectivity index is 1.38. The van der Waals surface area contributed by atoms with Crippen LogP contribution in [0.2, 0.25) is 0 Å². The average Bonchev–Trinajstić information content (AvgIpc) is 3.49. The van der Waals surface area contributed by atoms with Crippen LogP contribution < -0.4 is 10.0 Å². The average molecular weight is 507 g/mol. The molecule has 2 aromatic carbocycles. The summed E-state index contributed by atoms with van der Waals surface area (Å²) >= 11 is 1.17. The van der Waals surface area contributed by atoms with Gasteiger partial charge in [0.1, 0.15) is 0 Å². The molecule has 3 aromatic rings. The van der Waals surface area contributed by atoms with Crippen LogP contribution in [0.5, 0.6) is 0 Å². The molecule has 2 N–H and O–H groups in total. The van der Waals surface area contributed by atoms with Crippen molar-refractivity contribution in [1.82, 2.24) is 9.29 Å². The Hall–Kier alpha value is -2.80. The van der Waals surface area contributed by atoms with E-state index >= 15 is 0 Å². The fourth-order valence-corrected chi connectivity index (χ4v) is 6.79. The number of nitrogens with one attached hydrogen (secondary N) is 2. The van der Waals surface area contributed by atoms with Gasteiger partial charge in [0.2, 0.25) is 10.0 Å². The molecule has 0 spiro atoms. The van der Waals surface area contributed by atoms with E-state index in [1.54, 1.807) is 29.6 Å². The molecule has 2 heterocycles. The molecule has 0 bridgehead atoms. The Labute approximate surface area is 196 Å². The van der Waals surface area contributed by atoms with E-state index in [-0.39, 0.29) is 21.7 Å². The third-order valence-electron chi connectivity index (χ3n) is 5.10. The smallest absolute Gasteiger partial charge is 0.263 e. The molecule has 1 amide bonds. The van der Waals surface area contributed by atoms with Crippen molar-refractivity contribution in [2.75, 3.05) is 23.1 Å². The molecule has 12 heteroatoms. The molecule has 1 aliphatic rings. The topological polar surface area (TPSA) is 126 Å². The van der Waals surface area contributed by atoms with Gasteiger partial charge in [-0.3, -0.25) is 9.52 Å². The summed E-state index contributed by atoms with van der Waals surface area (Å²) in [5.41, 5.74) is 1.40. The molecule has 174 valence electrons. The number of thiazole rings is 1. The summed E-state index contributed by atoms with van der Waals surface area (Å²) < 4.78 is 53.6. The molecule has 0 saturated carbocycles. The van der Waals surface area contributed by atoms with Crippen molar-refractivity contribution in [3.63, 3.8) is 0 Å². The lowest BCUT2D eigenvalue weighted by molar-refractivity contribution is 0.102. The number of carbonyl (C=O) groups is 1. The summed E-state index contributed by atoms with van der Waals surface area (Å²) in [5, 5.41) is 4.63. The molecule has 0 aliphatic carbocycles. The van der Waals surface area contributed by atoms with Crippen molar-refractivity contribution in [2.45, 2.75) is 23.5 Å². The number of hydrogen-bond acceptors (Lipinski definition) is 7. The number of aromatic nitrogens is 1. The summed E-state index contributed by atoms with van der Waals surface area (Å²) in [6, 6.07) is 12.2. The first kappa shape index (κ1) is 23.4. The van der Waals surface area contributed by atoms with Crippen LogP contribution in [-0.2, 0) is 25.8 Å². The molecule has 33 heavy (non-hydrogen) atoms. The highest BCUT2D eigenvalue weighted by molar-refractivity contribution is 7.93. The van der Waals surface area contributed by atoms with Crippen LogP contribution in [0.15, 0.2) is 65.0 Å². The van der Waals surface area contributed by atoms with Gasteiger partial charge in [-0.1, -0.05) is 12.1 Å². The maximum atomic E-state index is 12.5. The monoisotopic (exact) mass is 506 g/mol. The zero-order chi connectivity index (χ0) is 23.5. The molecule has 4 rings (SSSR count). The Morgan fingerprint density at radius 1 is 0.970 bits per heavy atom. The normalized spacial score (nSPS) is 14.8. The third-order valence-corrected chi connectivity index (χ3v) is 9.12. The first-order chi connectivity index (χ1) is 15.7. The molecule has 0 radical (unpaired) electrons. The van der Waals surface area contributed by atoms with Gasteiger partial charge < -0.3 is 5.32 Å². The zero-order valence-electron chi connectivity index (χ0n) is 17.5. The highest BCUT2D eigenvalue weighted by atomic mass is 32.2. The highest BCUT2D eigenvalue weighted by Crippen LogP contribution is 2.21. The minimum atomic E-state index is -3.77. The molecule has 1 saturated heterocycles. The number of hydrogen-bond donors (Lipinski definition) is 2. The fourth-order valence-electron chi connectivity index (χ4n) is 3.39. The lowest BCUT2D eigenvalue weighted by atomic mass is 10.1. The van der Waals surface area contributed by atoms with E-state index in [1.165, 1.54) is 46.1 Å². The van der Waals surface area contributed by atoms with E-state index in [4.69, 9.17) is 0 Å². The van der Waals surface area contributed by atoms with Crippen LogP contribution in [0.3, 0.4) is 0 Å². The fraction of sp³-hybridized carbons (Fsp3) is 0.238. The van der Waals surface area contributed by atoms with Crippen molar-refractivity contribution in [1.29, 1.82) is 0 Å². The molecule has 1 aliphatic heterocycles. The minimum Gasteiger partial charge on any atom is -0.322 e. The Bertz CT molecular complexity index is 1320. The molecule has 1 aromatic heterocycles. The van der Waals surface area contributed by atoms with E-state index in [2.05, 4.69) is 15.0 Å². The number of carbonyl (C=O) groups excluding carboxylic acids is 1. The van der Waals surface area contributed by atoms with Crippen LogP contribution >= 0.6 is 11.3 Å². The molecule has 0 atom stereocenters. The number of nitrogens with zero attached hydrogens (tertiary/aromatic N) is 2. The second kappa shape index (κ2) is 9.59. The summed E-state index contributed by atoms with van der Waals surface area (Å²) in [5.74, 6) is -0.486. The van der Waals surface area contributed by atoms with Gasteiger partial charge in [-0.25, -0.2) is 26.1 Å². The van der Waals surface area contributed by atoms with E-state index < -0.39 is 20.0 Å². The van der Waals surface area contributed by atoms with Gasteiger partial charge in [0.05, 0.1) is 10.6 Å². The Morgan fingerprint density at radius 3 is 2.24 bits per heavy atom. The predicted molar refractivity (Wildman–Crippen MR) is 127 cm³/mol. The third kappa shape index (κ3) is 5.77. The number of sulfonamides is 2. The van der Waals surface area contributed by atoms with Gasteiger partial charge in [0.15, 0.2) is 5.13 Å². The van der Waals surface area contributed by atoms with Crippen molar-refractivity contribution < 1.29 is 21.6 Å².